The highest BCUT2D eigenvalue weighted by molar-refractivity contribution is 8.26. The smallest absolute Gasteiger partial charge is 0.331 e. The van der Waals surface area contributed by atoms with E-state index in [0.29, 0.717) is 17.2 Å². The molecule has 12 heteroatoms. The van der Waals surface area contributed by atoms with Crippen molar-refractivity contribution in [3.8, 4) is 17.1 Å². The van der Waals surface area contributed by atoms with Crippen molar-refractivity contribution in [1.82, 2.24) is 14.1 Å². The molecular formula is C22H25F2N5O4S. The fraction of sp³-hybridized carbons (Fsp3) is 0.364. The number of aryl methyl sites for hydroxylation is 1. The van der Waals surface area contributed by atoms with Gasteiger partial charge in [0, 0.05) is 38.5 Å². The van der Waals surface area contributed by atoms with Crippen LogP contribution in [0.1, 0.15) is 17.5 Å². The van der Waals surface area contributed by atoms with E-state index in [1.165, 1.54) is 33.5 Å². The number of aromatic nitrogens is 3. The van der Waals surface area contributed by atoms with Gasteiger partial charge in [-0.3, -0.25) is 18.2 Å². The zero-order chi connectivity index (χ0) is 24.6. The van der Waals surface area contributed by atoms with Gasteiger partial charge in [0.2, 0.25) is 5.88 Å². The van der Waals surface area contributed by atoms with Crippen molar-refractivity contribution in [2.24, 2.45) is 13.0 Å². The van der Waals surface area contributed by atoms with Gasteiger partial charge < -0.3 is 5.11 Å². The number of alkyl halides is 2. The molecule has 0 spiro atoms. The Labute approximate surface area is 196 Å². The summed E-state index contributed by atoms with van der Waals surface area (Å²) in [6, 6.07) is 9.05. The predicted octanol–water partition coefficient (Wildman–Crippen LogP) is 3.80. The normalized spacial score (nSPS) is 21.0. The summed E-state index contributed by atoms with van der Waals surface area (Å²) in [4.78, 5) is 16.9. The summed E-state index contributed by atoms with van der Waals surface area (Å²) in [5.74, 6) is -3.53. The minimum atomic E-state index is -3.49. The zero-order valence-electron chi connectivity index (χ0n) is 18.8. The van der Waals surface area contributed by atoms with Gasteiger partial charge in [-0.05, 0) is 47.2 Å². The second kappa shape index (κ2) is 7.45. The highest BCUT2D eigenvalue weighted by Gasteiger charge is 2.59. The number of fused-ring (bicyclic) bond motifs is 1. The van der Waals surface area contributed by atoms with Gasteiger partial charge in [-0.1, -0.05) is 12.1 Å². The van der Waals surface area contributed by atoms with Crippen LogP contribution in [-0.4, -0.2) is 47.8 Å². The largest absolute Gasteiger partial charge is 0.493 e. The van der Waals surface area contributed by atoms with E-state index in [2.05, 4.69) is 4.98 Å². The first-order valence-corrected chi connectivity index (χ1v) is 12.1. The van der Waals surface area contributed by atoms with Gasteiger partial charge in [0.25, 0.3) is 5.92 Å². The van der Waals surface area contributed by atoms with Crippen LogP contribution in [0.2, 0.25) is 0 Å². The Balaban J connectivity index is 1.49. The molecule has 0 radical (unpaired) electrons. The Morgan fingerprint density at radius 2 is 1.91 bits per heavy atom. The number of benzene rings is 1. The highest BCUT2D eigenvalue weighted by atomic mass is 32.3. The second-order valence-electron chi connectivity index (χ2n) is 8.86. The van der Waals surface area contributed by atoms with Crippen LogP contribution in [0.5, 0.6) is 5.88 Å². The van der Waals surface area contributed by atoms with Gasteiger partial charge in [-0.2, -0.15) is 0 Å². The summed E-state index contributed by atoms with van der Waals surface area (Å²) in [5, 5.41) is 9.78. The van der Waals surface area contributed by atoms with Crippen LogP contribution in [0.4, 0.5) is 20.3 Å². The molecule has 3 N–H and O–H groups in total. The molecule has 1 aliphatic heterocycles. The first kappa shape index (κ1) is 22.7. The number of hydrogen-bond donors (Lipinski definition) is 3. The lowest BCUT2D eigenvalue weighted by Crippen LogP contribution is -2.33. The summed E-state index contributed by atoms with van der Waals surface area (Å²) in [5.41, 5.74) is 3.14. The van der Waals surface area contributed by atoms with E-state index in [9.17, 15) is 27.8 Å². The molecular weight excluding hydrogens is 468 g/mol. The van der Waals surface area contributed by atoms with Crippen molar-refractivity contribution in [2.75, 3.05) is 22.2 Å². The maximum Gasteiger partial charge on any atom is 0.331 e. The third kappa shape index (κ3) is 3.53. The standard InChI is InChI=1S/C22H25F2N5O4S/c1-13-4-5-14(10-28-12-19(30)26(2)21(28)31)8-16(13)17-6-7-18-20(25-17)27(3)34(32,33)29(18)11-15-9-22(15,23)24/h4-8,12,15,30,32-33H,9-11H2,1-3H3. The van der Waals surface area contributed by atoms with E-state index >= 15 is 0 Å². The molecule has 2 aromatic heterocycles. The minimum Gasteiger partial charge on any atom is -0.493 e. The van der Waals surface area contributed by atoms with Crippen LogP contribution in [-0.2, 0) is 13.6 Å². The van der Waals surface area contributed by atoms with Crippen molar-refractivity contribution < 1.29 is 23.0 Å². The number of imidazole rings is 1. The Hall–Kier alpha value is -3.09. The zero-order valence-corrected chi connectivity index (χ0v) is 19.6. The number of nitrogens with zero attached hydrogens (tertiary/aromatic N) is 5. The van der Waals surface area contributed by atoms with Gasteiger partial charge in [-0.25, -0.2) is 27.2 Å². The third-order valence-electron chi connectivity index (χ3n) is 6.50. The summed E-state index contributed by atoms with van der Waals surface area (Å²) < 4.78 is 53.4. The third-order valence-corrected chi connectivity index (χ3v) is 8.35. The van der Waals surface area contributed by atoms with Gasteiger partial charge in [0.1, 0.15) is 5.69 Å². The number of aromatic hydroxyl groups is 1. The number of rotatable bonds is 5. The highest BCUT2D eigenvalue weighted by Crippen LogP contribution is 2.62. The van der Waals surface area contributed by atoms with E-state index in [0.717, 1.165) is 21.3 Å². The van der Waals surface area contributed by atoms with E-state index in [1.807, 2.05) is 25.1 Å². The van der Waals surface area contributed by atoms with Crippen molar-refractivity contribution in [1.29, 1.82) is 0 Å². The molecule has 1 aliphatic carbocycles. The van der Waals surface area contributed by atoms with E-state index in [1.54, 1.807) is 12.1 Å². The second-order valence-corrected chi connectivity index (χ2v) is 10.8. The Bertz CT molecular complexity index is 1360. The molecule has 3 heterocycles. The first-order valence-electron chi connectivity index (χ1n) is 10.6. The van der Waals surface area contributed by atoms with Gasteiger partial charge in [-0.15, -0.1) is 0 Å². The molecule has 9 nitrogen and oxygen atoms in total. The number of pyridine rings is 1. The topological polar surface area (TPSA) is 107 Å². The summed E-state index contributed by atoms with van der Waals surface area (Å²) in [7, 11) is -0.524. The molecule has 3 aromatic rings. The van der Waals surface area contributed by atoms with Crippen molar-refractivity contribution in [3.05, 3.63) is 58.1 Å². The fourth-order valence-electron chi connectivity index (χ4n) is 4.20. The van der Waals surface area contributed by atoms with Crippen LogP contribution < -0.4 is 14.3 Å². The maximum absolute atomic E-state index is 13.5. The molecule has 0 amide bonds. The molecule has 2 aliphatic rings. The number of hydrogen-bond acceptors (Lipinski definition) is 7. The molecule has 5 rings (SSSR count). The van der Waals surface area contributed by atoms with E-state index in [-0.39, 0.29) is 31.1 Å². The Morgan fingerprint density at radius 3 is 2.53 bits per heavy atom. The minimum absolute atomic E-state index is 0.131. The lowest BCUT2D eigenvalue weighted by Gasteiger charge is -2.41. The quantitative estimate of drug-likeness (QED) is 0.496. The molecule has 1 fully saturated rings. The molecule has 1 aromatic carbocycles. The summed E-state index contributed by atoms with van der Waals surface area (Å²) in [6.07, 6.45) is 1.10. The molecule has 182 valence electrons. The lowest BCUT2D eigenvalue weighted by molar-refractivity contribution is 0.101. The average molecular weight is 494 g/mol. The van der Waals surface area contributed by atoms with E-state index in [4.69, 9.17) is 0 Å². The molecule has 0 saturated heterocycles. The van der Waals surface area contributed by atoms with Gasteiger partial charge >= 0.3 is 5.69 Å². The maximum atomic E-state index is 13.5. The van der Waals surface area contributed by atoms with Gasteiger partial charge in [0.05, 0.1) is 18.4 Å². The molecule has 1 saturated carbocycles. The van der Waals surface area contributed by atoms with Crippen LogP contribution >= 0.6 is 11.0 Å². The van der Waals surface area contributed by atoms with Crippen LogP contribution in [0, 0.1) is 12.8 Å². The molecule has 34 heavy (non-hydrogen) atoms. The molecule has 0 bridgehead atoms. The van der Waals surface area contributed by atoms with Gasteiger partial charge in [0.15, 0.2) is 5.82 Å². The molecule has 1 atom stereocenters. The van der Waals surface area contributed by atoms with Crippen LogP contribution in [0.15, 0.2) is 41.3 Å². The summed E-state index contributed by atoms with van der Waals surface area (Å²) in [6.45, 7) is 1.99. The lowest BCUT2D eigenvalue weighted by atomic mass is 10.0. The molecule has 1 unspecified atom stereocenters. The van der Waals surface area contributed by atoms with E-state index < -0.39 is 22.8 Å². The number of halogens is 2. The number of anilines is 2. The van der Waals surface area contributed by atoms with Crippen molar-refractivity contribution in [3.63, 3.8) is 0 Å². The predicted molar refractivity (Wildman–Crippen MR) is 127 cm³/mol. The van der Waals surface area contributed by atoms with Crippen molar-refractivity contribution in [2.45, 2.75) is 25.8 Å². The van der Waals surface area contributed by atoms with Crippen LogP contribution in [0.3, 0.4) is 0 Å². The monoisotopic (exact) mass is 493 g/mol. The Kier molecular flexibility index (Phi) is 4.97. The fourth-order valence-corrected chi connectivity index (χ4v) is 5.65. The van der Waals surface area contributed by atoms with Crippen molar-refractivity contribution >= 4 is 22.5 Å². The SMILES string of the molecule is Cc1ccc(Cn2cc(O)n(C)c2=O)cc1-c1ccc2c(n1)N(C)S(O)(O)N2CC1CC1(F)F. The summed E-state index contributed by atoms with van der Waals surface area (Å²) >= 11 is 0. The average Bonchev–Trinajstić information content (AvgIpc) is 3.26. The first-order chi connectivity index (χ1) is 15.9. The Morgan fingerprint density at radius 1 is 1.21 bits per heavy atom. The van der Waals surface area contributed by atoms with Crippen LogP contribution in [0.25, 0.3) is 11.3 Å².